The Balaban J connectivity index is 2.14. The van der Waals surface area contributed by atoms with Gasteiger partial charge in [-0.25, -0.2) is 0 Å². The first-order valence-electron chi connectivity index (χ1n) is 9.09. The van der Waals surface area contributed by atoms with Crippen LogP contribution < -0.4 is 10.5 Å². The number of hydrogen-bond acceptors (Lipinski definition) is 3. The van der Waals surface area contributed by atoms with Gasteiger partial charge in [-0.05, 0) is 60.2 Å². The topological polar surface area (TPSA) is 72.5 Å². The number of ether oxygens (including phenoxy) is 1. The second-order valence-electron chi connectivity index (χ2n) is 6.31. The minimum Gasteiger partial charge on any atom is -0.494 e. The van der Waals surface area contributed by atoms with Crippen molar-refractivity contribution in [3.05, 3.63) is 59.7 Å². The molecule has 2 aromatic rings. The lowest BCUT2D eigenvalue weighted by atomic mass is 9.97. The molecule has 4 heteroatoms. The zero-order valence-corrected chi connectivity index (χ0v) is 15.3. The summed E-state index contributed by atoms with van der Waals surface area (Å²) in [5.41, 5.74) is 9.72. The molecule has 0 bridgehead atoms. The summed E-state index contributed by atoms with van der Waals surface area (Å²) in [5.74, 6) is 0.103. The maximum absolute atomic E-state index is 10.8. The van der Waals surface area contributed by atoms with Gasteiger partial charge in [0.05, 0.1) is 6.61 Å². The quantitative estimate of drug-likeness (QED) is 0.348. The van der Waals surface area contributed by atoms with E-state index in [4.69, 9.17) is 15.6 Å². The first-order chi connectivity index (χ1) is 12.6. The van der Waals surface area contributed by atoms with Gasteiger partial charge >= 0.3 is 5.97 Å². The fourth-order valence-corrected chi connectivity index (χ4v) is 2.62. The number of allylic oxidation sites excluding steroid dienone is 1. The number of carbonyl (C=O) groups is 1. The molecule has 0 aromatic heterocycles. The minimum atomic E-state index is -0.768. The highest BCUT2D eigenvalue weighted by Crippen LogP contribution is 2.25. The number of nitrogens with two attached hydrogens (primary N) is 1. The van der Waals surface area contributed by atoms with Crippen molar-refractivity contribution in [2.45, 2.75) is 39.0 Å². The Morgan fingerprint density at radius 3 is 2.35 bits per heavy atom. The molecule has 0 amide bonds. The Hall–Kier alpha value is -2.75. The maximum Gasteiger partial charge on any atom is 0.303 e. The summed E-state index contributed by atoms with van der Waals surface area (Å²) in [5, 5.41) is 8.89. The molecule has 0 saturated heterocycles. The van der Waals surface area contributed by atoms with Gasteiger partial charge in [0.1, 0.15) is 5.75 Å². The van der Waals surface area contributed by atoms with Crippen molar-refractivity contribution >= 4 is 23.3 Å². The van der Waals surface area contributed by atoms with E-state index in [2.05, 4.69) is 13.0 Å². The van der Waals surface area contributed by atoms with Crippen molar-refractivity contribution in [2.75, 3.05) is 12.3 Å². The zero-order chi connectivity index (χ0) is 18.8. The predicted octanol–water partition coefficient (Wildman–Crippen LogP) is 5.24. The molecule has 0 unspecified atom stereocenters. The van der Waals surface area contributed by atoms with Crippen LogP contribution in [-0.4, -0.2) is 17.7 Å². The van der Waals surface area contributed by atoms with Gasteiger partial charge in [-0.3, -0.25) is 4.79 Å². The molecule has 0 saturated carbocycles. The van der Waals surface area contributed by atoms with Crippen molar-refractivity contribution in [2.24, 2.45) is 0 Å². The number of hydrogen-bond donors (Lipinski definition) is 2. The molecule has 0 heterocycles. The number of nitrogen functional groups attached to an aromatic ring is 1. The van der Waals surface area contributed by atoms with E-state index in [1.807, 2.05) is 48.5 Å². The fraction of sp³-hybridized carbons (Fsp3) is 0.318. The maximum atomic E-state index is 10.8. The monoisotopic (exact) mass is 353 g/mol. The van der Waals surface area contributed by atoms with E-state index < -0.39 is 5.97 Å². The molecule has 2 rings (SSSR count). The normalized spacial score (nSPS) is 11.3. The zero-order valence-electron chi connectivity index (χ0n) is 15.3. The molecule has 4 nitrogen and oxygen atoms in total. The van der Waals surface area contributed by atoms with Gasteiger partial charge in [0, 0.05) is 12.1 Å². The summed E-state index contributed by atoms with van der Waals surface area (Å²) < 4.78 is 5.70. The van der Waals surface area contributed by atoms with Crippen LogP contribution in [0.25, 0.3) is 11.6 Å². The Kier molecular flexibility index (Phi) is 7.75. The van der Waals surface area contributed by atoms with Crippen LogP contribution in [0.15, 0.2) is 48.5 Å². The third-order valence-electron chi connectivity index (χ3n) is 4.11. The van der Waals surface area contributed by atoms with Crippen LogP contribution in [0, 0.1) is 0 Å². The SMILES string of the molecule is CCCCOc1ccc(C=C(CCCC(=O)O)c2ccc(N)cc2)cc1. The Morgan fingerprint density at radius 1 is 1.04 bits per heavy atom. The lowest BCUT2D eigenvalue weighted by Crippen LogP contribution is -1.96. The van der Waals surface area contributed by atoms with Crippen molar-refractivity contribution < 1.29 is 14.6 Å². The largest absolute Gasteiger partial charge is 0.494 e. The number of carboxylic acids is 1. The predicted molar refractivity (Wildman–Crippen MR) is 107 cm³/mol. The molecular formula is C22H27NO3. The first-order valence-corrected chi connectivity index (χ1v) is 9.09. The Labute approximate surface area is 155 Å². The smallest absolute Gasteiger partial charge is 0.303 e. The number of rotatable bonds is 10. The van der Waals surface area contributed by atoms with Gasteiger partial charge < -0.3 is 15.6 Å². The van der Waals surface area contributed by atoms with Crippen LogP contribution in [0.4, 0.5) is 5.69 Å². The average Bonchev–Trinajstić information content (AvgIpc) is 2.63. The molecule has 0 aliphatic heterocycles. The lowest BCUT2D eigenvalue weighted by molar-refractivity contribution is -0.137. The highest BCUT2D eigenvalue weighted by molar-refractivity contribution is 5.82. The number of anilines is 1. The van der Waals surface area contributed by atoms with Gasteiger partial charge in [-0.1, -0.05) is 43.7 Å². The van der Waals surface area contributed by atoms with Crippen LogP contribution in [0.5, 0.6) is 5.75 Å². The number of unbranched alkanes of at least 4 members (excludes halogenated alkanes) is 1. The molecule has 0 fully saturated rings. The molecule has 3 N–H and O–H groups in total. The number of carboxylic acid groups (broad SMARTS) is 1. The highest BCUT2D eigenvalue weighted by Gasteiger charge is 2.05. The van der Waals surface area contributed by atoms with Gasteiger partial charge in [-0.15, -0.1) is 0 Å². The van der Waals surface area contributed by atoms with Crippen molar-refractivity contribution in [3.8, 4) is 5.75 Å². The Bertz CT molecular complexity index is 718. The summed E-state index contributed by atoms with van der Waals surface area (Å²) in [6.07, 6.45) is 5.73. The van der Waals surface area contributed by atoms with E-state index in [1.165, 1.54) is 0 Å². The van der Waals surface area contributed by atoms with E-state index in [0.29, 0.717) is 18.5 Å². The van der Waals surface area contributed by atoms with Crippen molar-refractivity contribution in [1.82, 2.24) is 0 Å². The summed E-state index contributed by atoms with van der Waals surface area (Å²) in [4.78, 5) is 10.8. The molecule has 0 radical (unpaired) electrons. The second kappa shape index (κ2) is 10.3. The standard InChI is InChI=1S/C22H27NO3/c1-2-3-15-26-21-13-7-17(8-14-21)16-19(5-4-6-22(24)25)18-9-11-20(23)12-10-18/h7-14,16H,2-6,15,23H2,1H3,(H,24,25). The highest BCUT2D eigenvalue weighted by atomic mass is 16.5. The van der Waals surface area contributed by atoms with Crippen LogP contribution in [0.3, 0.4) is 0 Å². The van der Waals surface area contributed by atoms with Gasteiger partial charge in [0.25, 0.3) is 0 Å². The second-order valence-corrected chi connectivity index (χ2v) is 6.31. The molecule has 2 aromatic carbocycles. The van der Waals surface area contributed by atoms with E-state index in [0.717, 1.165) is 41.9 Å². The van der Waals surface area contributed by atoms with E-state index >= 15 is 0 Å². The van der Waals surface area contributed by atoms with E-state index in [9.17, 15) is 4.79 Å². The minimum absolute atomic E-state index is 0.163. The van der Waals surface area contributed by atoms with Crippen LogP contribution >= 0.6 is 0 Å². The van der Waals surface area contributed by atoms with E-state index in [-0.39, 0.29) is 6.42 Å². The molecule has 26 heavy (non-hydrogen) atoms. The number of benzene rings is 2. The average molecular weight is 353 g/mol. The summed E-state index contributed by atoms with van der Waals surface area (Å²) in [6.45, 7) is 2.87. The van der Waals surface area contributed by atoms with Crippen LogP contribution in [0.2, 0.25) is 0 Å². The molecule has 138 valence electrons. The van der Waals surface area contributed by atoms with Gasteiger partial charge in [-0.2, -0.15) is 0 Å². The van der Waals surface area contributed by atoms with Crippen molar-refractivity contribution in [1.29, 1.82) is 0 Å². The van der Waals surface area contributed by atoms with E-state index in [1.54, 1.807) is 0 Å². The van der Waals surface area contributed by atoms with Crippen LogP contribution in [-0.2, 0) is 4.79 Å². The molecule has 0 atom stereocenters. The van der Waals surface area contributed by atoms with Crippen molar-refractivity contribution in [3.63, 3.8) is 0 Å². The Morgan fingerprint density at radius 2 is 1.73 bits per heavy atom. The fourth-order valence-electron chi connectivity index (χ4n) is 2.62. The van der Waals surface area contributed by atoms with Crippen LogP contribution in [0.1, 0.15) is 50.2 Å². The summed E-state index contributed by atoms with van der Waals surface area (Å²) in [6, 6.07) is 15.7. The third-order valence-corrected chi connectivity index (χ3v) is 4.11. The third kappa shape index (κ3) is 6.63. The molecular weight excluding hydrogens is 326 g/mol. The molecule has 0 spiro atoms. The van der Waals surface area contributed by atoms with Gasteiger partial charge in [0.2, 0.25) is 0 Å². The first kappa shape index (κ1) is 19.6. The summed E-state index contributed by atoms with van der Waals surface area (Å²) >= 11 is 0. The van der Waals surface area contributed by atoms with Gasteiger partial charge in [0.15, 0.2) is 0 Å². The number of aliphatic carboxylic acids is 1. The summed E-state index contributed by atoms with van der Waals surface area (Å²) in [7, 11) is 0. The molecule has 0 aliphatic rings. The molecule has 0 aliphatic carbocycles. The lowest BCUT2D eigenvalue weighted by Gasteiger charge is -2.09.